The van der Waals surface area contributed by atoms with Crippen molar-refractivity contribution < 1.29 is 30.6 Å². The zero-order valence-electron chi connectivity index (χ0n) is 28.0. The molecule has 0 heterocycles. The van der Waals surface area contributed by atoms with Crippen molar-refractivity contribution in [3.8, 4) is 34.5 Å². The standard InChI is InChI=1S/C42H30O6S6/c43-25-7-1-13-31(19-25)49-37-38(50-32-14-2-8-26(44)20-32)40(52-34-16-4-10-28(46)22-34)42(54-36-18-6-12-30(48)24-36)41(53-35-17-5-11-29(47)23-35)39(37)51-33-15-3-9-27(45)21-33/h1-24,43-48H. The van der Waals surface area contributed by atoms with Crippen LogP contribution >= 0.6 is 70.6 Å². The molecule has 0 saturated carbocycles. The molecule has 0 saturated heterocycles. The molecule has 0 radical (unpaired) electrons. The van der Waals surface area contributed by atoms with Crippen LogP contribution in [-0.4, -0.2) is 30.6 Å². The van der Waals surface area contributed by atoms with Gasteiger partial charge in [-0.1, -0.05) is 107 Å². The lowest BCUT2D eigenvalue weighted by Gasteiger charge is -2.25. The molecular weight excluding hydrogens is 793 g/mol. The van der Waals surface area contributed by atoms with E-state index in [1.54, 1.807) is 109 Å². The summed E-state index contributed by atoms with van der Waals surface area (Å²) < 4.78 is 0. The number of benzene rings is 7. The summed E-state index contributed by atoms with van der Waals surface area (Å²) >= 11 is 8.84. The van der Waals surface area contributed by atoms with Gasteiger partial charge >= 0.3 is 0 Å². The molecule has 0 aliphatic carbocycles. The highest BCUT2D eigenvalue weighted by Crippen LogP contribution is 2.60. The average molecular weight is 823 g/mol. The fourth-order valence-electron chi connectivity index (χ4n) is 5.16. The lowest BCUT2D eigenvalue weighted by molar-refractivity contribution is 0.473. The number of hydrogen-bond donors (Lipinski definition) is 6. The summed E-state index contributed by atoms with van der Waals surface area (Å²) in [6.45, 7) is 0. The van der Waals surface area contributed by atoms with Crippen LogP contribution in [0.2, 0.25) is 0 Å². The van der Waals surface area contributed by atoms with Gasteiger partial charge in [-0.05, 0) is 109 Å². The van der Waals surface area contributed by atoms with Crippen molar-refractivity contribution in [1.82, 2.24) is 0 Å². The van der Waals surface area contributed by atoms with E-state index >= 15 is 0 Å². The predicted octanol–water partition coefficient (Wildman–Crippen LogP) is 12.8. The molecular formula is C42H30O6S6. The Bertz CT molecular complexity index is 2000. The number of phenolic OH excluding ortho intramolecular Hbond substituents is 6. The second kappa shape index (κ2) is 17.3. The normalized spacial score (nSPS) is 11.1. The maximum Gasteiger partial charge on any atom is 0.116 e. The van der Waals surface area contributed by atoms with Gasteiger partial charge in [0.25, 0.3) is 0 Å². The molecule has 0 bridgehead atoms. The molecule has 7 rings (SSSR count). The molecule has 0 atom stereocenters. The van der Waals surface area contributed by atoms with E-state index in [2.05, 4.69) is 0 Å². The quantitative estimate of drug-likeness (QED) is 0.0703. The molecule has 0 spiro atoms. The summed E-state index contributed by atoms with van der Waals surface area (Å²) in [6.07, 6.45) is 0. The minimum Gasteiger partial charge on any atom is -0.508 e. The number of hydrogen-bond acceptors (Lipinski definition) is 12. The highest BCUT2D eigenvalue weighted by Gasteiger charge is 2.29. The fourth-order valence-corrected chi connectivity index (χ4v) is 12.8. The van der Waals surface area contributed by atoms with E-state index in [1.165, 1.54) is 70.6 Å². The largest absolute Gasteiger partial charge is 0.508 e. The first-order valence-corrected chi connectivity index (χ1v) is 21.1. The van der Waals surface area contributed by atoms with Gasteiger partial charge in [-0.3, -0.25) is 0 Å². The Balaban J connectivity index is 1.60. The molecule has 6 N–H and O–H groups in total. The molecule has 0 amide bonds. The topological polar surface area (TPSA) is 121 Å². The van der Waals surface area contributed by atoms with Crippen LogP contribution in [0.25, 0.3) is 0 Å². The Labute approximate surface area is 337 Å². The van der Waals surface area contributed by atoms with Crippen LogP contribution in [0.3, 0.4) is 0 Å². The maximum atomic E-state index is 10.6. The molecule has 0 fully saturated rings. The SMILES string of the molecule is Oc1cccc(Sc2c(Sc3cccc(O)c3)c(Sc3cccc(O)c3)c(Sc3cccc(O)c3)c(Sc3cccc(O)c3)c2Sc2cccc(O)c2)c1. The minimum atomic E-state index is 0.115. The van der Waals surface area contributed by atoms with Gasteiger partial charge < -0.3 is 30.6 Å². The molecule has 7 aromatic rings. The molecule has 54 heavy (non-hydrogen) atoms. The molecule has 270 valence electrons. The lowest BCUT2D eigenvalue weighted by atomic mass is 10.3. The first-order valence-electron chi connectivity index (χ1n) is 16.2. The molecule has 12 heteroatoms. The van der Waals surface area contributed by atoms with Crippen LogP contribution in [-0.2, 0) is 0 Å². The lowest BCUT2D eigenvalue weighted by Crippen LogP contribution is -1.97. The summed E-state index contributed by atoms with van der Waals surface area (Å²) in [4.78, 5) is 9.71. The van der Waals surface area contributed by atoms with Gasteiger partial charge in [0.15, 0.2) is 0 Å². The summed E-state index contributed by atoms with van der Waals surface area (Å²) in [5.74, 6) is 0.690. The molecule has 7 aromatic carbocycles. The molecule has 6 nitrogen and oxygen atoms in total. The van der Waals surface area contributed by atoms with Crippen LogP contribution in [0.4, 0.5) is 0 Å². The van der Waals surface area contributed by atoms with E-state index < -0.39 is 0 Å². The summed E-state index contributed by atoms with van der Waals surface area (Å²) in [7, 11) is 0. The first-order chi connectivity index (χ1) is 26.2. The fraction of sp³-hybridized carbons (Fsp3) is 0. The summed E-state index contributed by atoms with van der Waals surface area (Å²) in [5.41, 5.74) is 0. The number of phenols is 6. The van der Waals surface area contributed by atoms with Crippen LogP contribution < -0.4 is 0 Å². The van der Waals surface area contributed by atoms with Crippen LogP contribution in [0.5, 0.6) is 34.5 Å². The Morgan fingerprint density at radius 3 is 0.500 bits per heavy atom. The van der Waals surface area contributed by atoms with Gasteiger partial charge in [0.05, 0.1) is 0 Å². The van der Waals surface area contributed by atoms with E-state index in [0.717, 1.165) is 58.7 Å². The smallest absolute Gasteiger partial charge is 0.116 e. The van der Waals surface area contributed by atoms with E-state index in [1.807, 2.05) is 36.4 Å². The monoisotopic (exact) mass is 822 g/mol. The van der Waals surface area contributed by atoms with Gasteiger partial charge in [-0.2, -0.15) is 0 Å². The second-order valence-corrected chi connectivity index (χ2v) is 18.1. The average Bonchev–Trinajstić information content (AvgIpc) is 3.13. The van der Waals surface area contributed by atoms with Crippen molar-refractivity contribution in [2.24, 2.45) is 0 Å². The van der Waals surface area contributed by atoms with E-state index in [0.29, 0.717) is 0 Å². The van der Waals surface area contributed by atoms with Crippen molar-refractivity contribution in [2.75, 3.05) is 0 Å². The van der Waals surface area contributed by atoms with Gasteiger partial charge in [0.1, 0.15) is 34.5 Å². The van der Waals surface area contributed by atoms with E-state index in [9.17, 15) is 30.6 Å². The molecule has 0 aliphatic rings. The van der Waals surface area contributed by atoms with Gasteiger partial charge in [-0.15, -0.1) is 0 Å². The third kappa shape index (κ3) is 9.56. The van der Waals surface area contributed by atoms with E-state index in [-0.39, 0.29) is 34.5 Å². The second-order valence-electron chi connectivity index (χ2n) is 11.6. The van der Waals surface area contributed by atoms with Gasteiger partial charge in [0, 0.05) is 58.7 Å². The van der Waals surface area contributed by atoms with Crippen molar-refractivity contribution >= 4 is 70.6 Å². The highest BCUT2D eigenvalue weighted by atomic mass is 32.2. The van der Waals surface area contributed by atoms with Crippen LogP contribution in [0.15, 0.2) is 204 Å². The Morgan fingerprint density at radius 2 is 0.370 bits per heavy atom. The van der Waals surface area contributed by atoms with Gasteiger partial charge in [-0.25, -0.2) is 0 Å². The molecule has 0 aromatic heterocycles. The van der Waals surface area contributed by atoms with Crippen molar-refractivity contribution in [2.45, 2.75) is 58.7 Å². The molecule has 0 unspecified atom stereocenters. The maximum absolute atomic E-state index is 10.6. The van der Waals surface area contributed by atoms with Crippen molar-refractivity contribution in [3.63, 3.8) is 0 Å². The van der Waals surface area contributed by atoms with E-state index in [4.69, 9.17) is 0 Å². The number of rotatable bonds is 12. The third-order valence-corrected chi connectivity index (χ3v) is 14.8. The highest BCUT2D eigenvalue weighted by molar-refractivity contribution is 8.07. The number of aromatic hydroxyl groups is 6. The Hall–Kier alpha value is -4.56. The van der Waals surface area contributed by atoms with Crippen molar-refractivity contribution in [3.05, 3.63) is 146 Å². The zero-order chi connectivity index (χ0) is 37.6. The van der Waals surface area contributed by atoms with Gasteiger partial charge in [0.2, 0.25) is 0 Å². The third-order valence-electron chi connectivity index (χ3n) is 7.46. The first kappa shape index (κ1) is 37.7. The minimum absolute atomic E-state index is 0.115. The summed E-state index contributed by atoms with van der Waals surface area (Å²) in [6, 6.07) is 42.3. The summed E-state index contributed by atoms with van der Waals surface area (Å²) in [5, 5.41) is 63.5. The Morgan fingerprint density at radius 1 is 0.222 bits per heavy atom. The van der Waals surface area contributed by atoms with Crippen LogP contribution in [0.1, 0.15) is 0 Å². The zero-order valence-corrected chi connectivity index (χ0v) is 32.9. The van der Waals surface area contributed by atoms with Crippen LogP contribution in [0, 0.1) is 0 Å². The van der Waals surface area contributed by atoms with Crippen molar-refractivity contribution in [1.29, 1.82) is 0 Å². The predicted molar refractivity (Wildman–Crippen MR) is 220 cm³/mol. The Kier molecular flexibility index (Phi) is 12.1. The molecule has 0 aliphatic heterocycles.